The van der Waals surface area contributed by atoms with Crippen LogP contribution in [0.4, 0.5) is 5.69 Å². The number of hydrogen-bond donors (Lipinski definition) is 2. The van der Waals surface area contributed by atoms with Gasteiger partial charge in [0.05, 0.1) is 12.5 Å². The van der Waals surface area contributed by atoms with Crippen molar-refractivity contribution in [3.05, 3.63) is 52.2 Å². The number of fused-ring (bicyclic) bond motifs is 1. The molecule has 0 bridgehead atoms. The third-order valence-corrected chi connectivity index (χ3v) is 4.04. The van der Waals surface area contributed by atoms with E-state index in [9.17, 15) is 4.79 Å². The molecule has 18 heavy (non-hydrogen) atoms. The fraction of sp³-hybridized carbons (Fsp3) is 0.214. The highest BCUT2D eigenvalue weighted by Gasteiger charge is 2.27. The van der Waals surface area contributed by atoms with E-state index in [2.05, 4.69) is 10.6 Å². The van der Waals surface area contributed by atoms with E-state index in [1.165, 1.54) is 4.88 Å². The maximum atomic E-state index is 12.2. The van der Waals surface area contributed by atoms with Gasteiger partial charge in [0.25, 0.3) is 0 Å². The summed E-state index contributed by atoms with van der Waals surface area (Å²) in [6.45, 7) is 1.31. The molecule has 2 aromatic rings. The van der Waals surface area contributed by atoms with Crippen LogP contribution >= 0.6 is 11.3 Å². The Kier molecular flexibility index (Phi) is 3.02. The molecule has 1 amide bonds. The first-order valence-corrected chi connectivity index (χ1v) is 6.85. The predicted molar refractivity (Wildman–Crippen MR) is 73.8 cm³/mol. The zero-order chi connectivity index (χ0) is 12.4. The molecule has 0 saturated carbocycles. The van der Waals surface area contributed by atoms with Gasteiger partial charge in [0.2, 0.25) is 5.91 Å². The molecule has 3 nitrogen and oxygen atoms in total. The van der Waals surface area contributed by atoms with Crippen LogP contribution in [0, 0.1) is 0 Å². The second-order valence-corrected chi connectivity index (χ2v) is 5.35. The second kappa shape index (κ2) is 4.82. The molecular weight excluding hydrogens is 244 g/mol. The van der Waals surface area contributed by atoms with Gasteiger partial charge >= 0.3 is 0 Å². The monoisotopic (exact) mass is 258 g/mol. The molecule has 2 heterocycles. The zero-order valence-corrected chi connectivity index (χ0v) is 10.7. The molecule has 92 valence electrons. The summed E-state index contributed by atoms with van der Waals surface area (Å²) in [6.07, 6.45) is 0. The van der Waals surface area contributed by atoms with E-state index in [0.717, 1.165) is 11.3 Å². The molecule has 4 heteroatoms. The van der Waals surface area contributed by atoms with Crippen LogP contribution in [0.3, 0.4) is 0 Å². The Hall–Kier alpha value is -1.81. The summed E-state index contributed by atoms with van der Waals surface area (Å²) >= 11 is 1.66. The summed E-state index contributed by atoms with van der Waals surface area (Å²) in [5.41, 5.74) is 2.18. The highest BCUT2D eigenvalue weighted by Crippen LogP contribution is 2.31. The van der Waals surface area contributed by atoms with E-state index in [0.29, 0.717) is 13.1 Å². The van der Waals surface area contributed by atoms with Gasteiger partial charge in [-0.2, -0.15) is 0 Å². The molecule has 1 atom stereocenters. The molecule has 0 radical (unpaired) electrons. The molecule has 0 saturated heterocycles. The van der Waals surface area contributed by atoms with Crippen LogP contribution in [0.25, 0.3) is 0 Å². The standard InChI is InChI=1S/C14H14N2OS/c17-14(16-8-10-4-3-7-18-10)12-9-15-13-6-2-1-5-11(12)13/h1-7,12,15H,8-9H2,(H,16,17). The van der Waals surface area contributed by atoms with E-state index in [-0.39, 0.29) is 11.8 Å². The Labute approximate surface area is 110 Å². The van der Waals surface area contributed by atoms with Crippen LogP contribution in [0.5, 0.6) is 0 Å². The van der Waals surface area contributed by atoms with Gasteiger partial charge in [-0.25, -0.2) is 0 Å². The van der Waals surface area contributed by atoms with Gasteiger partial charge in [0.1, 0.15) is 0 Å². The van der Waals surface area contributed by atoms with Crippen LogP contribution in [-0.2, 0) is 11.3 Å². The molecule has 2 N–H and O–H groups in total. The lowest BCUT2D eigenvalue weighted by molar-refractivity contribution is -0.122. The Morgan fingerprint density at radius 3 is 3.06 bits per heavy atom. The van der Waals surface area contributed by atoms with E-state index >= 15 is 0 Å². The first-order chi connectivity index (χ1) is 8.84. The number of carbonyl (C=O) groups is 1. The van der Waals surface area contributed by atoms with Crippen LogP contribution < -0.4 is 10.6 Å². The fourth-order valence-corrected chi connectivity index (χ4v) is 2.87. The first-order valence-electron chi connectivity index (χ1n) is 5.97. The highest BCUT2D eigenvalue weighted by atomic mass is 32.1. The number of nitrogens with one attached hydrogen (secondary N) is 2. The van der Waals surface area contributed by atoms with Crippen molar-refractivity contribution in [1.29, 1.82) is 0 Å². The van der Waals surface area contributed by atoms with Crippen molar-refractivity contribution >= 4 is 22.9 Å². The zero-order valence-electron chi connectivity index (χ0n) is 9.85. The van der Waals surface area contributed by atoms with Crippen LogP contribution in [0.15, 0.2) is 41.8 Å². The molecule has 1 unspecified atom stereocenters. The van der Waals surface area contributed by atoms with Crippen molar-refractivity contribution in [3.63, 3.8) is 0 Å². The van der Waals surface area contributed by atoms with Gasteiger partial charge in [0.15, 0.2) is 0 Å². The van der Waals surface area contributed by atoms with Crippen molar-refractivity contribution < 1.29 is 4.79 Å². The number of benzene rings is 1. The number of amides is 1. The molecule has 0 fully saturated rings. The van der Waals surface area contributed by atoms with Crippen molar-refractivity contribution in [2.24, 2.45) is 0 Å². The quantitative estimate of drug-likeness (QED) is 0.888. The van der Waals surface area contributed by atoms with Gasteiger partial charge < -0.3 is 10.6 Å². The Balaban J connectivity index is 1.67. The van der Waals surface area contributed by atoms with E-state index in [1.807, 2.05) is 41.8 Å². The lowest BCUT2D eigenvalue weighted by Gasteiger charge is -2.10. The second-order valence-electron chi connectivity index (χ2n) is 4.32. The normalized spacial score (nSPS) is 17.0. The summed E-state index contributed by atoms with van der Waals surface area (Å²) < 4.78 is 0. The molecule has 1 aliphatic rings. The van der Waals surface area contributed by atoms with Gasteiger partial charge in [-0.15, -0.1) is 11.3 Å². The van der Waals surface area contributed by atoms with E-state index in [1.54, 1.807) is 11.3 Å². The van der Waals surface area contributed by atoms with Crippen molar-refractivity contribution in [3.8, 4) is 0 Å². The molecule has 0 spiro atoms. The minimum Gasteiger partial charge on any atom is -0.384 e. The van der Waals surface area contributed by atoms with Gasteiger partial charge in [0, 0.05) is 17.1 Å². The number of hydrogen-bond acceptors (Lipinski definition) is 3. The summed E-state index contributed by atoms with van der Waals surface area (Å²) in [5, 5.41) is 8.29. The molecule has 1 aromatic carbocycles. The lowest BCUT2D eigenvalue weighted by Crippen LogP contribution is -2.29. The summed E-state index contributed by atoms with van der Waals surface area (Å²) in [5.74, 6) is 0.0296. The summed E-state index contributed by atoms with van der Waals surface area (Å²) in [4.78, 5) is 13.3. The number of para-hydroxylation sites is 1. The third kappa shape index (κ3) is 2.11. The smallest absolute Gasteiger partial charge is 0.229 e. The van der Waals surface area contributed by atoms with Gasteiger partial charge in [-0.1, -0.05) is 24.3 Å². The Morgan fingerprint density at radius 2 is 2.22 bits per heavy atom. The lowest BCUT2D eigenvalue weighted by atomic mass is 10.0. The SMILES string of the molecule is O=C(NCc1cccs1)C1CNc2ccccc21. The summed E-state index contributed by atoms with van der Waals surface area (Å²) in [7, 11) is 0. The van der Waals surface area contributed by atoms with Crippen LogP contribution in [-0.4, -0.2) is 12.5 Å². The largest absolute Gasteiger partial charge is 0.384 e. The van der Waals surface area contributed by atoms with E-state index < -0.39 is 0 Å². The minimum atomic E-state index is -0.0684. The first kappa shape index (κ1) is 11.3. The maximum Gasteiger partial charge on any atom is 0.229 e. The summed E-state index contributed by atoms with van der Waals surface area (Å²) in [6, 6.07) is 12.0. The fourth-order valence-electron chi connectivity index (χ4n) is 2.23. The molecule has 3 rings (SSSR count). The van der Waals surface area contributed by atoms with Crippen LogP contribution in [0.1, 0.15) is 16.4 Å². The molecule has 1 aromatic heterocycles. The Morgan fingerprint density at radius 1 is 1.33 bits per heavy atom. The highest BCUT2D eigenvalue weighted by molar-refractivity contribution is 7.09. The number of rotatable bonds is 3. The average molecular weight is 258 g/mol. The average Bonchev–Trinajstić information content (AvgIpc) is 3.05. The number of anilines is 1. The van der Waals surface area contributed by atoms with Crippen molar-refractivity contribution in [1.82, 2.24) is 5.32 Å². The molecule has 0 aliphatic carbocycles. The topological polar surface area (TPSA) is 41.1 Å². The van der Waals surface area contributed by atoms with Crippen molar-refractivity contribution in [2.75, 3.05) is 11.9 Å². The minimum absolute atomic E-state index is 0.0684. The van der Waals surface area contributed by atoms with Gasteiger partial charge in [-0.3, -0.25) is 4.79 Å². The number of thiophene rings is 1. The van der Waals surface area contributed by atoms with Crippen molar-refractivity contribution in [2.45, 2.75) is 12.5 Å². The Bertz CT molecular complexity index is 551. The number of carbonyl (C=O) groups excluding carboxylic acids is 1. The maximum absolute atomic E-state index is 12.2. The molecule has 1 aliphatic heterocycles. The van der Waals surface area contributed by atoms with Crippen LogP contribution in [0.2, 0.25) is 0 Å². The van der Waals surface area contributed by atoms with E-state index in [4.69, 9.17) is 0 Å². The van der Waals surface area contributed by atoms with Gasteiger partial charge in [-0.05, 0) is 23.1 Å². The molecular formula is C14H14N2OS. The third-order valence-electron chi connectivity index (χ3n) is 3.17. The predicted octanol–water partition coefficient (Wildman–Crippen LogP) is 2.57.